The Labute approximate surface area is 162 Å². The summed E-state index contributed by atoms with van der Waals surface area (Å²) in [6, 6.07) is 10.4. The lowest BCUT2D eigenvalue weighted by atomic mass is 10.1. The zero-order valence-corrected chi connectivity index (χ0v) is 16.7. The quantitative estimate of drug-likeness (QED) is 0.667. The van der Waals surface area contributed by atoms with Gasteiger partial charge in [0.05, 0.1) is 17.2 Å². The lowest BCUT2D eigenvalue weighted by Gasteiger charge is -2.31. The van der Waals surface area contributed by atoms with Crippen molar-refractivity contribution in [1.82, 2.24) is 9.97 Å². The molecular weight excluding hydrogens is 362 g/mol. The number of thioether (sulfide) groups is 1. The number of hydrogen-bond donors (Lipinski definition) is 1. The number of aliphatic hydroxyl groups is 1. The highest BCUT2D eigenvalue weighted by atomic mass is 32.2. The molecule has 1 fully saturated rings. The van der Waals surface area contributed by atoms with Gasteiger partial charge in [-0.05, 0) is 44.4 Å². The fourth-order valence-electron chi connectivity index (χ4n) is 3.38. The first-order valence-electron chi connectivity index (χ1n) is 8.99. The van der Waals surface area contributed by atoms with Crippen LogP contribution in [0.2, 0.25) is 0 Å². The first-order valence-corrected chi connectivity index (χ1v) is 10.8. The Morgan fingerprint density at radius 3 is 2.81 bits per heavy atom. The van der Waals surface area contributed by atoms with E-state index >= 15 is 0 Å². The van der Waals surface area contributed by atoms with E-state index in [4.69, 9.17) is 9.97 Å². The fourth-order valence-corrected chi connectivity index (χ4v) is 5.19. The molecule has 1 aliphatic rings. The number of fused-ring (bicyclic) bond motifs is 1. The van der Waals surface area contributed by atoms with Gasteiger partial charge < -0.3 is 10.0 Å². The van der Waals surface area contributed by atoms with E-state index in [1.54, 1.807) is 23.1 Å². The van der Waals surface area contributed by atoms with E-state index in [1.807, 2.05) is 6.07 Å². The second kappa shape index (κ2) is 7.55. The van der Waals surface area contributed by atoms with Crippen molar-refractivity contribution < 1.29 is 5.11 Å². The molecular formula is C20H23N3OS2. The fraction of sp³-hybridized carbons (Fsp3) is 0.400. The highest BCUT2D eigenvalue weighted by Gasteiger charge is 2.24. The summed E-state index contributed by atoms with van der Waals surface area (Å²) in [5, 5.41) is 11.3. The molecule has 1 aliphatic heterocycles. The molecule has 4 rings (SSSR count). The highest BCUT2D eigenvalue weighted by molar-refractivity contribution is 7.98. The van der Waals surface area contributed by atoms with Crippen LogP contribution >= 0.6 is 23.1 Å². The average molecular weight is 386 g/mol. The van der Waals surface area contributed by atoms with Crippen LogP contribution in [0.3, 0.4) is 0 Å². The van der Waals surface area contributed by atoms with Gasteiger partial charge in [-0.25, -0.2) is 9.97 Å². The summed E-state index contributed by atoms with van der Waals surface area (Å²) in [7, 11) is 0. The Morgan fingerprint density at radius 2 is 2.04 bits per heavy atom. The molecule has 0 unspecified atom stereocenters. The second-order valence-corrected chi connectivity index (χ2v) is 9.02. The molecule has 6 heteroatoms. The summed E-state index contributed by atoms with van der Waals surface area (Å²) >= 11 is 3.50. The molecule has 2 aromatic heterocycles. The maximum atomic E-state index is 10.1. The summed E-state index contributed by atoms with van der Waals surface area (Å²) in [6.07, 6.45) is 1.61. The van der Waals surface area contributed by atoms with Crippen LogP contribution in [0.1, 0.15) is 29.1 Å². The summed E-state index contributed by atoms with van der Waals surface area (Å²) in [6.45, 7) is 5.91. The van der Waals surface area contributed by atoms with Gasteiger partial charge in [0, 0.05) is 22.9 Å². The number of thiophene rings is 1. The van der Waals surface area contributed by atoms with Crippen LogP contribution in [0, 0.1) is 13.8 Å². The van der Waals surface area contributed by atoms with Crippen LogP contribution in [0.15, 0.2) is 35.2 Å². The Kier molecular flexibility index (Phi) is 5.16. The third kappa shape index (κ3) is 3.59. The van der Waals surface area contributed by atoms with Crippen molar-refractivity contribution in [2.24, 2.45) is 0 Å². The highest BCUT2D eigenvalue weighted by Crippen LogP contribution is 2.36. The van der Waals surface area contributed by atoms with Gasteiger partial charge in [-0.1, -0.05) is 18.2 Å². The number of rotatable bonds is 4. The Bertz CT molecular complexity index is 910. The molecule has 0 saturated carbocycles. The van der Waals surface area contributed by atoms with E-state index in [2.05, 4.69) is 43.0 Å². The van der Waals surface area contributed by atoms with E-state index in [-0.39, 0.29) is 6.10 Å². The number of aryl methyl sites for hydroxylation is 2. The zero-order chi connectivity index (χ0) is 18.1. The molecule has 0 bridgehead atoms. The third-order valence-electron chi connectivity index (χ3n) is 4.86. The number of benzene rings is 1. The molecule has 1 saturated heterocycles. The molecule has 4 nitrogen and oxygen atoms in total. The van der Waals surface area contributed by atoms with Crippen LogP contribution in [0.4, 0.5) is 5.82 Å². The molecule has 0 amide bonds. The van der Waals surface area contributed by atoms with Crippen LogP contribution in [0.5, 0.6) is 0 Å². The maximum Gasteiger partial charge on any atom is 0.142 e. The van der Waals surface area contributed by atoms with E-state index in [9.17, 15) is 5.11 Å². The minimum absolute atomic E-state index is 0.268. The lowest BCUT2D eigenvalue weighted by Crippen LogP contribution is -2.39. The molecule has 26 heavy (non-hydrogen) atoms. The Morgan fingerprint density at radius 1 is 1.23 bits per heavy atom. The normalized spacial score (nSPS) is 17.8. The van der Waals surface area contributed by atoms with E-state index in [0.717, 1.165) is 47.0 Å². The number of anilines is 1. The van der Waals surface area contributed by atoms with Gasteiger partial charge in [0.1, 0.15) is 16.5 Å². The van der Waals surface area contributed by atoms with Gasteiger partial charge in [-0.15, -0.1) is 23.1 Å². The van der Waals surface area contributed by atoms with Crippen molar-refractivity contribution in [2.45, 2.75) is 43.4 Å². The van der Waals surface area contributed by atoms with Crippen LogP contribution in [0.25, 0.3) is 10.2 Å². The van der Waals surface area contributed by atoms with E-state index in [1.165, 1.54) is 15.3 Å². The predicted molar refractivity (Wildman–Crippen MR) is 110 cm³/mol. The van der Waals surface area contributed by atoms with Crippen LogP contribution in [-0.2, 0) is 5.75 Å². The lowest BCUT2D eigenvalue weighted by molar-refractivity contribution is 0.154. The first-order chi connectivity index (χ1) is 12.6. The van der Waals surface area contributed by atoms with Crippen molar-refractivity contribution in [3.63, 3.8) is 0 Å². The van der Waals surface area contributed by atoms with Gasteiger partial charge in [0.25, 0.3) is 0 Å². The van der Waals surface area contributed by atoms with E-state index < -0.39 is 0 Å². The number of aromatic nitrogens is 2. The molecule has 3 heterocycles. The van der Waals surface area contributed by atoms with Gasteiger partial charge in [-0.3, -0.25) is 0 Å². The number of aliphatic hydroxyl groups excluding tert-OH is 1. The summed E-state index contributed by atoms with van der Waals surface area (Å²) in [5.41, 5.74) is 1.27. The van der Waals surface area contributed by atoms with Crippen molar-refractivity contribution >= 4 is 39.1 Å². The number of nitrogens with zero attached hydrogens (tertiary/aromatic N) is 3. The Hall–Kier alpha value is -1.63. The topological polar surface area (TPSA) is 49.2 Å². The van der Waals surface area contributed by atoms with Crippen molar-refractivity contribution in [2.75, 3.05) is 18.0 Å². The predicted octanol–water partition coefficient (Wildman–Crippen LogP) is 4.56. The van der Waals surface area contributed by atoms with Gasteiger partial charge in [-0.2, -0.15) is 0 Å². The van der Waals surface area contributed by atoms with Crippen LogP contribution < -0.4 is 4.90 Å². The largest absolute Gasteiger partial charge is 0.391 e. The number of β-amino-alcohol motifs (C(OH)–C–C–N with tert-alkyl or cyclic N) is 1. The number of hydrogen-bond acceptors (Lipinski definition) is 6. The van der Waals surface area contributed by atoms with Crippen molar-refractivity contribution in [3.8, 4) is 0 Å². The standard InChI is InChI=1S/C20H23N3OS2/c1-13-14(2)26-20-18(13)19(23-10-6-7-15(24)11-23)21-17(22-20)12-25-16-8-4-3-5-9-16/h3-5,8-9,15,24H,6-7,10-12H2,1-2H3/t15-/m0/s1. The first kappa shape index (κ1) is 17.8. The van der Waals surface area contributed by atoms with Gasteiger partial charge in [0.2, 0.25) is 0 Å². The van der Waals surface area contributed by atoms with Gasteiger partial charge in [0.15, 0.2) is 0 Å². The Balaban J connectivity index is 1.70. The molecule has 0 aliphatic carbocycles. The van der Waals surface area contributed by atoms with Crippen molar-refractivity contribution in [3.05, 3.63) is 46.6 Å². The molecule has 1 atom stereocenters. The van der Waals surface area contributed by atoms with Gasteiger partial charge >= 0.3 is 0 Å². The molecule has 136 valence electrons. The third-order valence-corrected chi connectivity index (χ3v) is 6.97. The average Bonchev–Trinajstić information content (AvgIpc) is 2.94. The zero-order valence-electron chi connectivity index (χ0n) is 15.1. The summed E-state index contributed by atoms with van der Waals surface area (Å²) in [5.74, 6) is 2.61. The molecule has 0 spiro atoms. The SMILES string of the molecule is Cc1sc2nc(CSc3ccccc3)nc(N3CCC[C@H](O)C3)c2c1C. The number of piperidine rings is 1. The molecule has 1 N–H and O–H groups in total. The molecule has 3 aromatic rings. The minimum Gasteiger partial charge on any atom is -0.391 e. The minimum atomic E-state index is -0.268. The summed E-state index contributed by atoms with van der Waals surface area (Å²) in [4.78, 5) is 15.6. The van der Waals surface area contributed by atoms with Crippen LogP contribution in [-0.4, -0.2) is 34.3 Å². The van der Waals surface area contributed by atoms with E-state index in [0.29, 0.717) is 6.54 Å². The second-order valence-electron chi connectivity index (χ2n) is 6.77. The monoisotopic (exact) mass is 385 g/mol. The van der Waals surface area contributed by atoms with Crippen molar-refractivity contribution in [1.29, 1.82) is 0 Å². The molecule has 0 radical (unpaired) electrons. The molecule has 1 aromatic carbocycles. The summed E-state index contributed by atoms with van der Waals surface area (Å²) < 4.78 is 0. The smallest absolute Gasteiger partial charge is 0.142 e. The maximum absolute atomic E-state index is 10.1.